The van der Waals surface area contributed by atoms with Gasteiger partial charge in [0.15, 0.2) is 5.03 Å². The van der Waals surface area contributed by atoms with Gasteiger partial charge in [0.25, 0.3) is 10.0 Å². The molecular weight excluding hydrogens is 264 g/mol. The van der Waals surface area contributed by atoms with Gasteiger partial charge in [0, 0.05) is 23.3 Å². The van der Waals surface area contributed by atoms with Crippen LogP contribution in [0.4, 0.5) is 0 Å². The summed E-state index contributed by atoms with van der Waals surface area (Å²) in [6, 6.07) is 0. The van der Waals surface area contributed by atoms with Crippen molar-refractivity contribution in [3.8, 4) is 0 Å². The minimum atomic E-state index is -3.55. The molecule has 0 bridgehead atoms. The topological polar surface area (TPSA) is 86.9 Å². The molecule has 3 N–H and O–H groups in total. The Bertz CT molecular complexity index is 546. The van der Waals surface area contributed by atoms with Gasteiger partial charge in [-0.1, -0.05) is 6.92 Å². The first-order valence-electron chi connectivity index (χ1n) is 6.66. The number of hydrogen-bond donors (Lipinski definition) is 3. The summed E-state index contributed by atoms with van der Waals surface area (Å²) in [5.74, 6) is 0. The summed E-state index contributed by atoms with van der Waals surface area (Å²) in [5, 5.41) is 10.00. The highest BCUT2D eigenvalue weighted by molar-refractivity contribution is 7.89. The van der Waals surface area contributed by atoms with E-state index in [2.05, 4.69) is 20.2 Å². The van der Waals surface area contributed by atoms with Crippen molar-refractivity contribution >= 4 is 10.0 Å². The minimum absolute atomic E-state index is 0.124. The molecule has 2 rings (SSSR count). The monoisotopic (exact) mass is 286 g/mol. The van der Waals surface area contributed by atoms with Gasteiger partial charge in [-0.25, -0.2) is 13.1 Å². The fourth-order valence-electron chi connectivity index (χ4n) is 2.29. The van der Waals surface area contributed by atoms with E-state index in [0.29, 0.717) is 6.54 Å². The largest absolute Gasteiger partial charge is 0.313 e. The predicted molar refractivity (Wildman–Crippen MR) is 73.3 cm³/mol. The van der Waals surface area contributed by atoms with Crippen LogP contribution in [-0.4, -0.2) is 30.7 Å². The Kier molecular flexibility index (Phi) is 3.98. The standard InChI is InChI=1S/C12H22N4O2S/c1-4-13-8-10-9(2)14-15-11(10)19(17,18)16-12(3)6-5-7-12/h13,16H,4-8H2,1-3H3,(H,14,15). The molecule has 1 aromatic heterocycles. The van der Waals surface area contributed by atoms with Crippen molar-refractivity contribution in [2.24, 2.45) is 0 Å². The molecule has 108 valence electrons. The third kappa shape index (κ3) is 2.98. The number of hydrogen-bond acceptors (Lipinski definition) is 4. The van der Waals surface area contributed by atoms with Crippen LogP contribution >= 0.6 is 0 Å². The minimum Gasteiger partial charge on any atom is -0.313 e. The molecule has 1 saturated carbocycles. The number of nitrogens with one attached hydrogen (secondary N) is 3. The lowest BCUT2D eigenvalue weighted by molar-refractivity contribution is 0.247. The van der Waals surface area contributed by atoms with E-state index in [1.165, 1.54) is 0 Å². The summed E-state index contributed by atoms with van der Waals surface area (Å²) in [6.07, 6.45) is 2.85. The molecule has 0 amide bonds. The summed E-state index contributed by atoms with van der Waals surface area (Å²) in [7, 11) is -3.55. The highest BCUT2D eigenvalue weighted by Crippen LogP contribution is 2.32. The summed E-state index contributed by atoms with van der Waals surface area (Å²) >= 11 is 0. The maximum Gasteiger partial charge on any atom is 0.260 e. The number of aryl methyl sites for hydroxylation is 1. The van der Waals surface area contributed by atoms with Crippen molar-refractivity contribution in [1.29, 1.82) is 0 Å². The first-order chi connectivity index (χ1) is 8.88. The van der Waals surface area contributed by atoms with Crippen LogP contribution in [0.25, 0.3) is 0 Å². The third-order valence-electron chi connectivity index (χ3n) is 3.68. The number of aromatic nitrogens is 2. The summed E-state index contributed by atoms with van der Waals surface area (Å²) < 4.78 is 27.6. The first kappa shape index (κ1) is 14.5. The van der Waals surface area contributed by atoms with Crippen LogP contribution in [0.5, 0.6) is 0 Å². The second-order valence-corrected chi connectivity index (χ2v) is 7.03. The number of nitrogens with zero attached hydrogens (tertiary/aromatic N) is 1. The van der Waals surface area contributed by atoms with E-state index in [1.807, 2.05) is 20.8 Å². The van der Waals surface area contributed by atoms with Crippen LogP contribution in [0.1, 0.15) is 44.4 Å². The second kappa shape index (κ2) is 5.22. The normalized spacial score (nSPS) is 18.3. The van der Waals surface area contributed by atoms with E-state index in [4.69, 9.17) is 0 Å². The molecule has 19 heavy (non-hydrogen) atoms. The fraction of sp³-hybridized carbons (Fsp3) is 0.750. The Morgan fingerprint density at radius 1 is 1.42 bits per heavy atom. The highest BCUT2D eigenvalue weighted by atomic mass is 32.2. The van der Waals surface area contributed by atoms with Gasteiger partial charge in [0.05, 0.1) is 0 Å². The zero-order chi connectivity index (χ0) is 14.1. The van der Waals surface area contributed by atoms with Crippen molar-refractivity contribution in [2.45, 2.75) is 57.1 Å². The maximum atomic E-state index is 12.4. The molecule has 1 fully saturated rings. The lowest BCUT2D eigenvalue weighted by Gasteiger charge is -2.38. The molecule has 6 nitrogen and oxygen atoms in total. The number of sulfonamides is 1. The van der Waals surface area contributed by atoms with Crippen molar-refractivity contribution < 1.29 is 8.42 Å². The Labute approximate surface area is 114 Å². The van der Waals surface area contributed by atoms with Gasteiger partial charge in [-0.15, -0.1) is 0 Å². The van der Waals surface area contributed by atoms with Crippen molar-refractivity contribution in [3.05, 3.63) is 11.3 Å². The van der Waals surface area contributed by atoms with E-state index in [-0.39, 0.29) is 10.6 Å². The molecule has 0 unspecified atom stereocenters. The Balaban J connectivity index is 2.24. The first-order valence-corrected chi connectivity index (χ1v) is 8.15. The van der Waals surface area contributed by atoms with E-state index in [9.17, 15) is 8.42 Å². The van der Waals surface area contributed by atoms with Crippen molar-refractivity contribution in [3.63, 3.8) is 0 Å². The van der Waals surface area contributed by atoms with Crippen molar-refractivity contribution in [2.75, 3.05) is 6.54 Å². The molecule has 0 radical (unpaired) electrons. The average Bonchev–Trinajstić information content (AvgIpc) is 2.66. The zero-order valence-electron chi connectivity index (χ0n) is 11.7. The van der Waals surface area contributed by atoms with Gasteiger partial charge < -0.3 is 5.32 Å². The van der Waals surface area contributed by atoms with E-state index in [0.717, 1.165) is 37.1 Å². The number of aromatic amines is 1. The van der Waals surface area contributed by atoms with E-state index in [1.54, 1.807) is 0 Å². The maximum absolute atomic E-state index is 12.4. The van der Waals surface area contributed by atoms with Crippen LogP contribution < -0.4 is 10.0 Å². The molecule has 1 aromatic rings. The molecule has 1 aliphatic carbocycles. The molecule has 0 spiro atoms. The molecule has 0 aromatic carbocycles. The second-order valence-electron chi connectivity index (χ2n) is 5.43. The summed E-state index contributed by atoms with van der Waals surface area (Å²) in [4.78, 5) is 0. The number of H-pyrrole nitrogens is 1. The Morgan fingerprint density at radius 3 is 2.63 bits per heavy atom. The molecule has 0 saturated heterocycles. The van der Waals surface area contributed by atoms with Gasteiger partial charge in [0.1, 0.15) is 0 Å². The van der Waals surface area contributed by atoms with Crippen LogP contribution in [0, 0.1) is 6.92 Å². The quantitative estimate of drug-likeness (QED) is 0.729. The van der Waals surface area contributed by atoms with Gasteiger partial charge in [-0.3, -0.25) is 5.10 Å². The van der Waals surface area contributed by atoms with Gasteiger partial charge in [0.2, 0.25) is 0 Å². The Morgan fingerprint density at radius 2 is 2.11 bits per heavy atom. The van der Waals surface area contributed by atoms with Crippen LogP contribution in [-0.2, 0) is 16.6 Å². The Hall–Kier alpha value is -0.920. The zero-order valence-corrected chi connectivity index (χ0v) is 12.5. The molecule has 0 atom stereocenters. The van der Waals surface area contributed by atoms with Crippen molar-refractivity contribution in [1.82, 2.24) is 20.2 Å². The lowest BCUT2D eigenvalue weighted by Crippen LogP contribution is -2.51. The summed E-state index contributed by atoms with van der Waals surface area (Å²) in [5.41, 5.74) is 1.21. The average molecular weight is 286 g/mol. The lowest BCUT2D eigenvalue weighted by atomic mass is 9.80. The van der Waals surface area contributed by atoms with Gasteiger partial charge in [-0.05, 0) is 39.7 Å². The smallest absolute Gasteiger partial charge is 0.260 e. The van der Waals surface area contributed by atoms with Crippen LogP contribution in [0.15, 0.2) is 5.03 Å². The molecule has 1 aliphatic rings. The van der Waals surface area contributed by atoms with E-state index >= 15 is 0 Å². The fourth-order valence-corrected chi connectivity index (χ4v) is 3.96. The highest BCUT2D eigenvalue weighted by Gasteiger charge is 2.37. The van der Waals surface area contributed by atoms with E-state index < -0.39 is 10.0 Å². The van der Waals surface area contributed by atoms with Crippen LogP contribution in [0.2, 0.25) is 0 Å². The summed E-state index contributed by atoms with van der Waals surface area (Å²) in [6.45, 7) is 7.06. The predicted octanol–water partition coefficient (Wildman–Crippen LogP) is 1.05. The number of rotatable bonds is 6. The molecule has 0 aliphatic heterocycles. The third-order valence-corrected chi connectivity index (χ3v) is 5.29. The SMILES string of the molecule is CCNCc1c(S(=O)(=O)NC2(C)CCC2)n[nH]c1C. The van der Waals surface area contributed by atoms with Gasteiger partial charge in [-0.2, -0.15) is 5.10 Å². The molecular formula is C12H22N4O2S. The van der Waals surface area contributed by atoms with Gasteiger partial charge >= 0.3 is 0 Å². The van der Waals surface area contributed by atoms with Crippen LogP contribution in [0.3, 0.4) is 0 Å². The molecule has 7 heteroatoms. The molecule has 1 heterocycles.